The summed E-state index contributed by atoms with van der Waals surface area (Å²) in [5, 5.41) is 2.94. The predicted molar refractivity (Wildman–Crippen MR) is 229 cm³/mol. The van der Waals surface area contributed by atoms with E-state index in [2.05, 4.69) is 30.0 Å². The second-order valence-electron chi connectivity index (χ2n) is 14.5. The van der Waals surface area contributed by atoms with Crippen LogP contribution in [-0.4, -0.2) is 132 Å². The normalized spacial score (nSPS) is 15.7. The monoisotopic (exact) mass is 996 g/mol. The molecule has 362 valence electrons. The van der Waals surface area contributed by atoms with Gasteiger partial charge in [-0.25, -0.2) is 58.0 Å². The quantitative estimate of drug-likeness (QED) is 0.0687. The molecule has 66 heavy (non-hydrogen) atoms. The van der Waals surface area contributed by atoms with Gasteiger partial charge in [0.25, 0.3) is 0 Å². The number of nitrogens with one attached hydrogen (secondary N) is 1. The van der Waals surface area contributed by atoms with Crippen LogP contribution in [-0.2, 0) is 30.8 Å². The van der Waals surface area contributed by atoms with Crippen molar-refractivity contribution in [2.45, 2.75) is 49.8 Å². The molecule has 1 atom stereocenters. The van der Waals surface area contributed by atoms with Gasteiger partial charge in [-0.2, -0.15) is 13.8 Å². The van der Waals surface area contributed by atoms with Crippen LogP contribution in [0.4, 0.5) is 43.9 Å². The Morgan fingerprint density at radius 2 is 1.12 bits per heavy atom. The van der Waals surface area contributed by atoms with E-state index in [-0.39, 0.29) is 51.7 Å². The lowest BCUT2D eigenvalue weighted by Gasteiger charge is -2.30. The highest BCUT2D eigenvalue weighted by molar-refractivity contribution is 7.88. The Morgan fingerprint density at radius 3 is 1.50 bits per heavy atom. The van der Waals surface area contributed by atoms with Gasteiger partial charge in [-0.3, -0.25) is 13.8 Å². The number of ketones is 2. The topological polar surface area (TPSA) is 286 Å². The minimum Gasteiger partial charge on any atom is -0.493 e. The summed E-state index contributed by atoms with van der Waals surface area (Å²) in [6.45, 7) is 3.48. The van der Waals surface area contributed by atoms with E-state index in [0.29, 0.717) is 51.2 Å². The van der Waals surface area contributed by atoms with Gasteiger partial charge in [0.05, 0.1) is 59.8 Å². The molecule has 6 rings (SSSR count). The zero-order valence-electron chi connectivity index (χ0n) is 35.9. The first kappa shape index (κ1) is 53.1. The van der Waals surface area contributed by atoms with Crippen molar-refractivity contribution >= 4 is 60.0 Å². The molecule has 0 aliphatic carbocycles. The third-order valence-electron chi connectivity index (χ3n) is 9.93. The van der Waals surface area contributed by atoms with Crippen LogP contribution in [0.25, 0.3) is 0 Å². The molecule has 1 unspecified atom stereocenters. The fourth-order valence-corrected chi connectivity index (χ4v) is 8.71. The summed E-state index contributed by atoms with van der Waals surface area (Å²) in [6, 6.07) is 1.09. The average Bonchev–Trinajstić information content (AvgIpc) is 3.26. The molecule has 2 aliphatic rings. The van der Waals surface area contributed by atoms with Crippen LogP contribution >= 0.6 is 0 Å². The van der Waals surface area contributed by atoms with E-state index in [9.17, 15) is 57.0 Å². The number of aromatic nitrogens is 4. The smallest absolute Gasteiger partial charge is 0.224 e. The third-order valence-corrected chi connectivity index (χ3v) is 13.7. The number of ether oxygens (including phenoxy) is 2. The summed E-state index contributed by atoms with van der Waals surface area (Å²) in [4.78, 5) is 40.7. The molecule has 0 bridgehead atoms. The molecular weight excluding hydrogens is 951 g/mol. The summed E-state index contributed by atoms with van der Waals surface area (Å²) in [5.41, 5.74) is 15.4. The number of benzene rings is 2. The van der Waals surface area contributed by atoms with E-state index in [1.165, 1.54) is 14.9 Å². The van der Waals surface area contributed by atoms with E-state index in [0.717, 1.165) is 45.7 Å². The van der Waals surface area contributed by atoms with Gasteiger partial charge in [-0.1, -0.05) is 6.92 Å². The van der Waals surface area contributed by atoms with Crippen LogP contribution in [0.2, 0.25) is 0 Å². The zero-order valence-corrected chi connectivity index (χ0v) is 38.4. The lowest BCUT2D eigenvalue weighted by molar-refractivity contribution is 0.102. The van der Waals surface area contributed by atoms with Gasteiger partial charge in [0, 0.05) is 56.4 Å². The van der Waals surface area contributed by atoms with Gasteiger partial charge in [0.2, 0.25) is 54.4 Å². The minimum absolute atomic E-state index is 0.0741. The van der Waals surface area contributed by atoms with Gasteiger partial charge < -0.3 is 32.0 Å². The highest BCUT2D eigenvalue weighted by Crippen LogP contribution is 2.32. The highest BCUT2D eigenvalue weighted by atomic mass is 32.2. The van der Waals surface area contributed by atoms with Gasteiger partial charge >= 0.3 is 0 Å². The molecule has 4 heterocycles. The van der Waals surface area contributed by atoms with Crippen LogP contribution in [0, 0.1) is 34.9 Å². The van der Waals surface area contributed by atoms with Crippen molar-refractivity contribution in [3.8, 4) is 11.5 Å². The van der Waals surface area contributed by atoms with Crippen LogP contribution < -0.4 is 32.0 Å². The van der Waals surface area contributed by atoms with E-state index in [1.54, 1.807) is 6.92 Å². The zero-order chi connectivity index (χ0) is 49.4. The summed E-state index contributed by atoms with van der Waals surface area (Å²) in [5.74, 6) is -13.6. The molecule has 2 aromatic heterocycles. The van der Waals surface area contributed by atoms with Crippen molar-refractivity contribution in [3.05, 3.63) is 81.7 Å². The summed E-state index contributed by atoms with van der Waals surface area (Å²) >= 11 is 0. The molecule has 0 saturated carbocycles. The molecule has 4 aromatic rings. The van der Waals surface area contributed by atoms with E-state index in [4.69, 9.17) is 21.9 Å². The molecule has 2 aliphatic heterocycles. The maximum Gasteiger partial charge on any atom is 0.224 e. The standard InChI is InChI=1S/C18H20F3N5O4S.C14H12F3N3O3S.C6H14N2O2S/c1-30-16-10(7-12(19)13(20)14(16)21)15(27)11-8-23-18(25-17(11)22)24-9-3-5-26(6-4-9)31(2,28)29;1-3-24(22)14-19-5-7(13(18)20-14)11(21)6-4-8(15)9(16)10(17)12(6)23-2;1-11(9,10)8-4-2-6(7)3-5-8/h7-9H,3-6H2,1-2H3,(H3,22,23,24,25);4-5H,3H2,1-2H3,(H2,18,19,20);6H,2-5,7H2,1H3. The second kappa shape index (κ2) is 22.3. The van der Waals surface area contributed by atoms with E-state index < -0.39 is 99.9 Å². The number of anilines is 3. The highest BCUT2D eigenvalue weighted by Gasteiger charge is 2.30. The minimum atomic E-state index is -3.26. The Hall–Kier alpha value is -5.55. The molecule has 2 saturated heterocycles. The number of piperidine rings is 2. The molecule has 19 nitrogen and oxygen atoms in total. The number of carbonyl (C=O) groups is 2. The number of methoxy groups -OCH3 is 2. The van der Waals surface area contributed by atoms with Crippen molar-refractivity contribution in [1.82, 2.24) is 28.5 Å². The van der Waals surface area contributed by atoms with Crippen molar-refractivity contribution in [3.63, 3.8) is 0 Å². The summed E-state index contributed by atoms with van der Waals surface area (Å²) in [7, 11) is -5.71. The number of halogens is 6. The van der Waals surface area contributed by atoms with Gasteiger partial charge in [-0.15, -0.1) is 0 Å². The van der Waals surface area contributed by atoms with E-state index in [1.807, 2.05) is 0 Å². The molecule has 0 radical (unpaired) electrons. The van der Waals surface area contributed by atoms with Crippen molar-refractivity contribution in [2.75, 3.05) is 75.4 Å². The lowest BCUT2D eigenvalue weighted by Crippen LogP contribution is -2.42. The molecule has 2 fully saturated rings. The molecule has 28 heteroatoms. The molecule has 0 amide bonds. The fourth-order valence-electron chi connectivity index (χ4n) is 6.34. The van der Waals surface area contributed by atoms with Gasteiger partial charge in [0.1, 0.15) is 11.6 Å². The molecule has 2 aromatic carbocycles. The number of nitrogen functional groups attached to an aromatic ring is 2. The number of hydrogen-bond donors (Lipinski definition) is 4. The summed E-state index contributed by atoms with van der Waals surface area (Å²) < 4.78 is 150. The van der Waals surface area contributed by atoms with Gasteiger partial charge in [0.15, 0.2) is 34.8 Å². The number of nitrogens with two attached hydrogens (primary N) is 3. The summed E-state index contributed by atoms with van der Waals surface area (Å²) in [6.07, 6.45) is 7.06. The Kier molecular flexibility index (Phi) is 17.9. The number of carbonyl (C=O) groups excluding carboxylic acids is 2. The first-order valence-electron chi connectivity index (χ1n) is 19.4. The van der Waals surface area contributed by atoms with Crippen LogP contribution in [0.15, 0.2) is 29.7 Å². The molecular formula is C38H46F6N10O9S3. The lowest BCUT2D eigenvalue weighted by atomic mass is 10.0. The maximum absolute atomic E-state index is 13.9. The Bertz CT molecular complexity index is 2710. The second-order valence-corrected chi connectivity index (χ2v) is 20.0. The van der Waals surface area contributed by atoms with Crippen LogP contribution in [0.3, 0.4) is 0 Å². The first-order chi connectivity index (χ1) is 30.8. The predicted octanol–water partition coefficient (Wildman–Crippen LogP) is 2.76. The van der Waals surface area contributed by atoms with E-state index >= 15 is 0 Å². The largest absolute Gasteiger partial charge is 0.493 e. The first-order valence-corrected chi connectivity index (χ1v) is 24.4. The van der Waals surface area contributed by atoms with Gasteiger partial charge in [-0.05, 0) is 37.8 Å². The number of hydrogen-bond acceptors (Lipinski definition) is 17. The van der Waals surface area contributed by atoms with Crippen molar-refractivity contribution in [2.24, 2.45) is 5.73 Å². The van der Waals surface area contributed by atoms with Crippen LogP contribution in [0.1, 0.15) is 64.4 Å². The fraction of sp³-hybridized carbons (Fsp3) is 0.421. The number of nitrogens with zero attached hydrogens (tertiary/aromatic N) is 6. The Morgan fingerprint density at radius 1 is 0.712 bits per heavy atom. The Balaban J connectivity index is 0.000000240. The number of rotatable bonds is 12. The average molecular weight is 997 g/mol. The third kappa shape index (κ3) is 12.9. The molecule has 7 N–H and O–H groups in total. The van der Waals surface area contributed by atoms with Crippen LogP contribution in [0.5, 0.6) is 11.5 Å². The SMILES string of the molecule is CCS(=O)c1ncc(C(=O)c2cc(F)c(F)c(F)c2OC)c(N)n1.COc1c(C(=O)c2cnc(NC3CCN(S(C)(=O)=O)CC3)nc2N)cc(F)c(F)c1F.CS(=O)(=O)N1CCC(N)CC1. The Labute approximate surface area is 378 Å². The van der Waals surface area contributed by atoms with Crippen molar-refractivity contribution in [1.29, 1.82) is 0 Å². The molecule has 0 spiro atoms. The maximum atomic E-state index is 13.9. The number of sulfonamides is 2. The van der Waals surface area contributed by atoms with Crippen molar-refractivity contribution < 1.29 is 66.4 Å².